The number of nitrogens with zero attached hydrogens (tertiary/aromatic N) is 3. The van der Waals surface area contributed by atoms with Crippen molar-refractivity contribution in [3.05, 3.63) is 63.4 Å². The minimum atomic E-state index is -0.919. The minimum Gasteiger partial charge on any atom is -0.480 e. The fourth-order valence-electron chi connectivity index (χ4n) is 4.65. The highest BCUT2D eigenvalue weighted by Gasteiger charge is 2.40. The van der Waals surface area contributed by atoms with E-state index in [1.807, 2.05) is 25.3 Å². The van der Waals surface area contributed by atoms with E-state index in [-0.39, 0.29) is 6.04 Å². The lowest BCUT2D eigenvalue weighted by Crippen LogP contribution is -2.61. The number of rotatable bonds is 3. The predicted octanol–water partition coefficient (Wildman–Crippen LogP) is 2.41. The zero-order chi connectivity index (χ0) is 20.7. The van der Waals surface area contributed by atoms with Crippen molar-refractivity contribution in [1.29, 1.82) is 0 Å². The number of aromatic nitrogens is 1. The summed E-state index contributed by atoms with van der Waals surface area (Å²) in [5, 5.41) is 20.5. The molecule has 0 bridgehead atoms. The van der Waals surface area contributed by atoms with Crippen LogP contribution >= 0.6 is 11.6 Å². The number of carbonyl (C=O) groups is 1. The Hall–Kier alpha value is -1.93. The van der Waals surface area contributed by atoms with Gasteiger partial charge >= 0.3 is 13.0 Å². The number of hydrogen-bond acceptors (Lipinski definition) is 5. The standard InChI is InChI=1S/C21H25BClN3O3/c1-13-9-15-4-3-14-10-16(23)5-6-17(14)20(19(15)24-11-13)25-7-8-26(22(2)29)18(12-25)21(27)28/h5-6,9-11,18,20,29H,3-4,7-8,12H2,1-2H3,(H,27,28). The molecule has 1 aliphatic carbocycles. The summed E-state index contributed by atoms with van der Waals surface area (Å²) < 4.78 is 0. The van der Waals surface area contributed by atoms with E-state index in [4.69, 9.17) is 16.6 Å². The van der Waals surface area contributed by atoms with Crippen molar-refractivity contribution in [1.82, 2.24) is 14.7 Å². The van der Waals surface area contributed by atoms with E-state index in [0.29, 0.717) is 24.7 Å². The van der Waals surface area contributed by atoms with E-state index in [1.165, 1.54) is 11.1 Å². The van der Waals surface area contributed by atoms with Crippen LogP contribution in [0.5, 0.6) is 0 Å². The van der Waals surface area contributed by atoms with Crippen molar-refractivity contribution >= 4 is 24.6 Å². The Labute approximate surface area is 176 Å². The van der Waals surface area contributed by atoms with Crippen LogP contribution in [-0.2, 0) is 17.6 Å². The molecule has 0 radical (unpaired) electrons. The van der Waals surface area contributed by atoms with E-state index >= 15 is 0 Å². The first kappa shape index (κ1) is 20.4. The maximum atomic E-state index is 11.9. The molecule has 1 saturated heterocycles. The van der Waals surface area contributed by atoms with E-state index in [2.05, 4.69) is 17.0 Å². The second-order valence-corrected chi connectivity index (χ2v) is 8.46. The normalized spacial score (nSPS) is 22.5. The van der Waals surface area contributed by atoms with Gasteiger partial charge in [0, 0.05) is 30.9 Å². The molecule has 2 N–H and O–H groups in total. The number of fused-ring (bicyclic) bond motifs is 2. The van der Waals surface area contributed by atoms with Gasteiger partial charge in [-0.15, -0.1) is 0 Å². The van der Waals surface area contributed by atoms with Crippen molar-refractivity contribution in [3.63, 3.8) is 0 Å². The summed E-state index contributed by atoms with van der Waals surface area (Å²) in [5.41, 5.74) is 5.63. The maximum Gasteiger partial charge on any atom is 0.377 e. The zero-order valence-corrected chi connectivity index (χ0v) is 17.4. The number of pyridine rings is 1. The van der Waals surface area contributed by atoms with Gasteiger partial charge < -0.3 is 14.9 Å². The highest BCUT2D eigenvalue weighted by molar-refractivity contribution is 6.45. The fourth-order valence-corrected chi connectivity index (χ4v) is 4.85. The van der Waals surface area contributed by atoms with Gasteiger partial charge in [-0.25, -0.2) is 0 Å². The van der Waals surface area contributed by atoms with Crippen LogP contribution in [0.2, 0.25) is 11.8 Å². The van der Waals surface area contributed by atoms with Gasteiger partial charge in [0.05, 0.1) is 11.7 Å². The second-order valence-electron chi connectivity index (χ2n) is 8.02. The van der Waals surface area contributed by atoms with E-state index in [9.17, 15) is 14.9 Å². The van der Waals surface area contributed by atoms with Gasteiger partial charge in [0.15, 0.2) is 0 Å². The summed E-state index contributed by atoms with van der Waals surface area (Å²) in [6.07, 6.45) is 3.64. The predicted molar refractivity (Wildman–Crippen MR) is 113 cm³/mol. The topological polar surface area (TPSA) is 76.9 Å². The first-order valence-corrected chi connectivity index (χ1v) is 10.4. The molecule has 2 unspecified atom stereocenters. The Morgan fingerprint density at radius 1 is 1.24 bits per heavy atom. The number of aryl methyl sites for hydroxylation is 3. The monoisotopic (exact) mass is 413 g/mol. The highest BCUT2D eigenvalue weighted by Crippen LogP contribution is 2.38. The molecule has 4 rings (SSSR count). The van der Waals surface area contributed by atoms with Gasteiger partial charge in [-0.05, 0) is 61.0 Å². The van der Waals surface area contributed by atoms with Gasteiger partial charge in [-0.3, -0.25) is 14.7 Å². The van der Waals surface area contributed by atoms with Crippen LogP contribution in [0.4, 0.5) is 0 Å². The van der Waals surface area contributed by atoms with Gasteiger partial charge in [0.1, 0.15) is 6.04 Å². The summed E-state index contributed by atoms with van der Waals surface area (Å²) >= 11 is 6.28. The molecule has 0 spiro atoms. The number of piperazine rings is 1. The fraction of sp³-hybridized carbons (Fsp3) is 0.429. The second kappa shape index (κ2) is 8.07. The molecule has 1 aromatic heterocycles. The molecule has 29 heavy (non-hydrogen) atoms. The molecule has 1 aliphatic heterocycles. The first-order chi connectivity index (χ1) is 13.8. The molecule has 2 atom stereocenters. The van der Waals surface area contributed by atoms with Crippen molar-refractivity contribution in [3.8, 4) is 0 Å². The summed E-state index contributed by atoms with van der Waals surface area (Å²) in [6.45, 7) is 5.11. The van der Waals surface area contributed by atoms with Gasteiger partial charge in [-0.2, -0.15) is 0 Å². The quantitative estimate of drug-likeness (QED) is 0.753. The molecule has 2 heterocycles. The highest BCUT2D eigenvalue weighted by atomic mass is 35.5. The number of benzene rings is 1. The molecule has 1 aromatic carbocycles. The largest absolute Gasteiger partial charge is 0.480 e. The molecule has 0 amide bonds. The number of carboxylic acids is 1. The van der Waals surface area contributed by atoms with Crippen LogP contribution in [0.1, 0.15) is 34.0 Å². The van der Waals surface area contributed by atoms with Crippen LogP contribution in [0.3, 0.4) is 0 Å². The van der Waals surface area contributed by atoms with Crippen LogP contribution in [0, 0.1) is 6.92 Å². The molecule has 1 fully saturated rings. The van der Waals surface area contributed by atoms with E-state index in [0.717, 1.165) is 29.7 Å². The van der Waals surface area contributed by atoms with Gasteiger partial charge in [-0.1, -0.05) is 23.7 Å². The molecule has 6 nitrogen and oxygen atoms in total. The average Bonchev–Trinajstić information content (AvgIpc) is 2.83. The molecule has 2 aliphatic rings. The van der Waals surface area contributed by atoms with Crippen LogP contribution in [0.25, 0.3) is 0 Å². The van der Waals surface area contributed by atoms with E-state index < -0.39 is 19.1 Å². The smallest absolute Gasteiger partial charge is 0.377 e. The third-order valence-corrected chi connectivity index (χ3v) is 6.28. The van der Waals surface area contributed by atoms with Crippen molar-refractivity contribution < 1.29 is 14.9 Å². The Morgan fingerprint density at radius 3 is 2.72 bits per heavy atom. The molecule has 0 saturated carbocycles. The minimum absolute atomic E-state index is 0.127. The number of carboxylic acid groups (broad SMARTS) is 1. The summed E-state index contributed by atoms with van der Waals surface area (Å²) in [4.78, 5) is 20.6. The summed E-state index contributed by atoms with van der Waals surface area (Å²) in [5.74, 6) is -0.919. The maximum absolute atomic E-state index is 11.9. The van der Waals surface area contributed by atoms with Crippen molar-refractivity contribution in [2.24, 2.45) is 0 Å². The Balaban J connectivity index is 1.79. The Morgan fingerprint density at radius 2 is 2.00 bits per heavy atom. The summed E-state index contributed by atoms with van der Waals surface area (Å²) in [7, 11) is -0.800. The van der Waals surface area contributed by atoms with Crippen molar-refractivity contribution in [2.45, 2.75) is 38.7 Å². The lowest BCUT2D eigenvalue weighted by molar-refractivity contribution is -0.144. The Bertz CT molecular complexity index is 886. The summed E-state index contributed by atoms with van der Waals surface area (Å²) in [6, 6.07) is 7.26. The number of halogens is 1. The lowest BCUT2D eigenvalue weighted by Gasteiger charge is -2.43. The third-order valence-electron chi connectivity index (χ3n) is 6.04. The van der Waals surface area contributed by atoms with Crippen LogP contribution in [0.15, 0.2) is 30.5 Å². The van der Waals surface area contributed by atoms with Gasteiger partial charge in [0.25, 0.3) is 0 Å². The van der Waals surface area contributed by atoms with Crippen molar-refractivity contribution in [2.75, 3.05) is 19.6 Å². The average molecular weight is 414 g/mol. The zero-order valence-electron chi connectivity index (χ0n) is 16.7. The lowest BCUT2D eigenvalue weighted by atomic mass is 9.81. The molecular formula is C21H25BClN3O3. The molecular weight excluding hydrogens is 389 g/mol. The third kappa shape index (κ3) is 3.92. The number of hydrogen-bond donors (Lipinski definition) is 2. The molecule has 152 valence electrons. The van der Waals surface area contributed by atoms with Crippen LogP contribution < -0.4 is 0 Å². The SMILES string of the molecule is CB(O)N1CCN(C2c3ccc(Cl)cc3CCc3cc(C)cnc32)CC1C(=O)O. The van der Waals surface area contributed by atoms with Gasteiger partial charge in [0.2, 0.25) is 0 Å². The van der Waals surface area contributed by atoms with Crippen LogP contribution in [-0.4, -0.2) is 63.5 Å². The molecule has 8 heteroatoms. The molecule has 2 aromatic rings. The number of aliphatic carboxylic acids is 1. The van der Waals surface area contributed by atoms with E-state index in [1.54, 1.807) is 11.6 Å². The first-order valence-electron chi connectivity index (χ1n) is 9.99. The Kier molecular flexibility index (Phi) is 5.66.